The summed E-state index contributed by atoms with van der Waals surface area (Å²) >= 11 is 0. The summed E-state index contributed by atoms with van der Waals surface area (Å²) in [5.74, 6) is -9.12. The molecule has 6 aliphatic heterocycles. The van der Waals surface area contributed by atoms with Gasteiger partial charge in [-0.2, -0.15) is 68.4 Å². The Labute approximate surface area is 558 Å². The molecule has 5 fully saturated rings. The van der Waals surface area contributed by atoms with Crippen molar-refractivity contribution in [3.8, 4) is 0 Å². The molecule has 580 valence electrons. The Hall–Kier alpha value is -4.21. The molecule has 6 heterocycles. The Morgan fingerprint density at radius 3 is 1.24 bits per heavy atom. The van der Waals surface area contributed by atoms with Crippen molar-refractivity contribution < 1.29 is 239 Å². The highest BCUT2D eigenvalue weighted by Crippen LogP contribution is 2.39. The summed E-state index contributed by atoms with van der Waals surface area (Å²) in [5, 5.41) is 122. The molecule has 1 unspecified atom stereocenters. The molecular weight excluding hydrogens is 1550 g/mol. The van der Waals surface area contributed by atoms with Gasteiger partial charge < -0.3 is 114 Å². The molecule has 0 aromatic rings. The highest BCUT2D eigenvalue weighted by atomic mass is 32.3. The molecular formula is C38H59N3O52S7. The summed E-state index contributed by atoms with van der Waals surface area (Å²) in [6.07, 6.45) is -70.7. The van der Waals surface area contributed by atoms with Gasteiger partial charge >= 0.3 is 90.5 Å². The van der Waals surface area contributed by atoms with Gasteiger partial charge in [0.05, 0.1) is 19.8 Å². The summed E-state index contributed by atoms with van der Waals surface area (Å²) in [6.45, 7) is -4.50. The van der Waals surface area contributed by atoms with Crippen molar-refractivity contribution in [3.05, 3.63) is 11.8 Å². The van der Waals surface area contributed by atoms with Crippen LogP contribution in [-0.4, -0.2) is 362 Å². The van der Waals surface area contributed by atoms with E-state index in [0.29, 0.717) is 6.08 Å². The molecule has 55 nitrogen and oxygen atoms in total. The van der Waals surface area contributed by atoms with Crippen LogP contribution in [0.15, 0.2) is 11.8 Å². The fourth-order valence-corrected chi connectivity index (χ4v) is 13.2. The summed E-state index contributed by atoms with van der Waals surface area (Å²) < 4.78 is 320. The number of aliphatic hydroxyl groups excluding tert-OH is 8. The van der Waals surface area contributed by atoms with Crippen LogP contribution in [0.4, 0.5) is 0 Å². The second-order valence-electron chi connectivity index (χ2n) is 21.0. The van der Waals surface area contributed by atoms with Gasteiger partial charge in [0.25, 0.3) is 0 Å². The van der Waals surface area contributed by atoms with E-state index in [4.69, 9.17) is 52.1 Å². The zero-order valence-corrected chi connectivity index (χ0v) is 54.4. The number of carbonyl (C=O) groups excluding carboxylic acids is 1. The maximum Gasteiger partial charge on any atom is 0.397 e. The van der Waals surface area contributed by atoms with Crippen molar-refractivity contribution in [2.45, 2.75) is 179 Å². The zero-order valence-electron chi connectivity index (χ0n) is 48.7. The fourth-order valence-electron chi connectivity index (χ4n) is 10.1. The van der Waals surface area contributed by atoms with Crippen molar-refractivity contribution in [3.63, 3.8) is 0 Å². The largest absolute Gasteiger partial charge is 0.479 e. The number of carboxylic acids is 3. The Kier molecular flexibility index (Phi) is 27.7. The lowest BCUT2D eigenvalue weighted by Gasteiger charge is -2.50. The molecule has 5 saturated heterocycles. The third-order valence-corrected chi connectivity index (χ3v) is 17.3. The van der Waals surface area contributed by atoms with Crippen LogP contribution in [0.25, 0.3) is 0 Å². The lowest BCUT2D eigenvalue weighted by atomic mass is 9.94. The van der Waals surface area contributed by atoms with Crippen LogP contribution in [0.1, 0.15) is 6.92 Å². The van der Waals surface area contributed by atoms with Gasteiger partial charge in [-0.25, -0.2) is 35.3 Å². The van der Waals surface area contributed by atoms with Crippen LogP contribution in [-0.2, 0) is 165 Å². The Bertz CT molecular complexity index is 3790. The molecule has 21 N–H and O–H groups in total. The first-order chi connectivity index (χ1) is 45.5. The molecule has 0 aromatic carbocycles. The second-order valence-corrected chi connectivity index (χ2v) is 28.8. The van der Waals surface area contributed by atoms with Gasteiger partial charge in [0, 0.05) is 6.92 Å². The fraction of sp³-hybridized carbons (Fsp3) is 0.842. The van der Waals surface area contributed by atoms with Crippen molar-refractivity contribution in [1.29, 1.82) is 0 Å². The van der Waals surface area contributed by atoms with E-state index in [0.717, 1.165) is 11.6 Å². The van der Waals surface area contributed by atoms with Gasteiger partial charge in [0.1, 0.15) is 116 Å². The predicted molar refractivity (Wildman–Crippen MR) is 288 cm³/mol. The predicted octanol–water partition coefficient (Wildman–Crippen LogP) is -14.6. The topological polar surface area (TPSA) is 855 Å². The Balaban J connectivity index is 1.39. The van der Waals surface area contributed by atoms with E-state index < -0.39 is 294 Å². The van der Waals surface area contributed by atoms with Gasteiger partial charge in [-0.15, -0.1) is 0 Å². The SMILES string of the molecule is CC(=O)N[C@H]1[C@@H](O[C@H]2[C@H](O)[C@@H](O)[C@H](O[C@H]3[C@H](OS(=O)(=O)O)[C@@H](NS(=O)(=O)O)[C@@H](O[C@H]4[C@H](O)[C@@H](OS(=O)(=O)O)[C@H](O[C@H]5[C@H](O)[C@@H](NS(=O)(=O)O)C(O)O[C@@H]5COS(=O)(=O)O)O[C@H]4C(=O)O)O[C@@H]3COS(=O)(=O)O)O[C@@H]2C(=O)O)O[C@H](COS(=O)(=O)O)[C@@H](O[C@@H]2OC(C(=O)O)=C[C@H](O)[C@H]2O)[C@@H]1O. The van der Waals surface area contributed by atoms with Crippen LogP contribution in [0.2, 0.25) is 0 Å². The van der Waals surface area contributed by atoms with Gasteiger partial charge in [-0.3, -0.25) is 36.7 Å². The molecule has 100 heavy (non-hydrogen) atoms. The first kappa shape index (κ1) is 84.7. The number of rotatable bonds is 31. The van der Waals surface area contributed by atoms with Gasteiger partial charge in [-0.05, 0) is 6.08 Å². The lowest BCUT2D eigenvalue weighted by molar-refractivity contribution is -0.374. The number of nitrogens with one attached hydrogen (secondary N) is 3. The van der Waals surface area contributed by atoms with E-state index in [1.165, 1.54) is 4.72 Å². The van der Waals surface area contributed by atoms with E-state index in [9.17, 15) is 166 Å². The van der Waals surface area contributed by atoms with Crippen LogP contribution in [0, 0.1) is 0 Å². The van der Waals surface area contributed by atoms with Crippen molar-refractivity contribution >= 4 is 96.4 Å². The van der Waals surface area contributed by atoms with Crippen LogP contribution < -0.4 is 14.8 Å². The minimum Gasteiger partial charge on any atom is -0.479 e. The molecule has 1 amide bonds. The van der Waals surface area contributed by atoms with E-state index in [-0.39, 0.29) is 0 Å². The van der Waals surface area contributed by atoms with Crippen molar-refractivity contribution in [2.75, 3.05) is 19.8 Å². The van der Waals surface area contributed by atoms with E-state index in [1.54, 1.807) is 0 Å². The molecule has 28 atom stereocenters. The molecule has 6 aliphatic rings. The molecule has 0 bridgehead atoms. The number of ether oxygens (including phenoxy) is 11. The number of hydrogen-bond acceptors (Lipinski definition) is 42. The average molecular weight is 1610 g/mol. The molecule has 6 rings (SSSR count). The number of aliphatic hydroxyl groups is 8. The standard InChI is InChI=1S/C38H59N3O52S7/c1-6(42)39-13-17(46)22(85-36-15(44)7(43)2-8(82-36)30(50)51)10(4-79-97(66,67)68)83-34(13)88-25-18(47)19(48)37(90-28(25)31(52)53)87-23-11(5-80-98(69,70)71)84-35(14(41-95(60,61)62)24(23)92-99(72,73)74)89-26-20(49)27(93-100(75,76)77)38(91-29(26)32(54)55)86-21-9(3-78-96(63,64)65)81-33(56)12(16(21)45)40-94(57,58)59/h2,7,9-29,33-38,40-41,43-49,56H,3-5H2,1H3,(H,39,42)(H,50,51)(H,52,53)(H,54,55)(H,57,58,59)(H,60,61,62)(H,63,64,65)(H,66,67,68)(H,69,70,71)(H,72,73,74)(H,75,76,77)/t7-,9+,10+,11+,12+,13+,14+,15+,16+,17+,18+,19+,20-,21+,22+,23+,24+,25-,26-,27+,28-,29+,33?,34+,35+,36-,37+,38+/m0/s1. The van der Waals surface area contributed by atoms with Gasteiger partial charge in [0.2, 0.25) is 18.0 Å². The summed E-state index contributed by atoms with van der Waals surface area (Å²) in [5.41, 5.74) is 0. The monoisotopic (exact) mass is 1610 g/mol. The molecule has 0 saturated carbocycles. The zero-order chi connectivity index (χ0) is 75.8. The molecule has 0 radical (unpaired) electrons. The highest BCUT2D eigenvalue weighted by Gasteiger charge is 2.62. The third-order valence-electron chi connectivity index (χ3n) is 14.0. The first-order valence-electron chi connectivity index (χ1n) is 26.5. The highest BCUT2D eigenvalue weighted by molar-refractivity contribution is 7.84. The van der Waals surface area contributed by atoms with Crippen molar-refractivity contribution in [1.82, 2.24) is 14.8 Å². The van der Waals surface area contributed by atoms with Crippen molar-refractivity contribution in [2.24, 2.45) is 0 Å². The number of aliphatic carboxylic acids is 3. The normalized spacial score (nSPS) is 39.0. The molecule has 0 aromatic heterocycles. The Morgan fingerprint density at radius 1 is 0.410 bits per heavy atom. The molecule has 0 aliphatic carbocycles. The second kappa shape index (κ2) is 32.7. The number of carboxylic acid groups (broad SMARTS) is 3. The van der Waals surface area contributed by atoms with Crippen LogP contribution >= 0.6 is 0 Å². The maximum atomic E-state index is 13.1. The smallest absolute Gasteiger partial charge is 0.397 e. The van der Waals surface area contributed by atoms with Gasteiger partial charge in [-0.1, -0.05) is 0 Å². The number of amides is 1. The maximum absolute atomic E-state index is 13.1. The third kappa shape index (κ3) is 23.4. The minimum absolute atomic E-state index is 0.467. The molecule has 0 spiro atoms. The number of carbonyl (C=O) groups is 4. The van der Waals surface area contributed by atoms with Gasteiger partial charge in [0.15, 0.2) is 49.8 Å². The lowest BCUT2D eigenvalue weighted by Crippen LogP contribution is -2.71. The van der Waals surface area contributed by atoms with E-state index in [1.807, 2.05) is 5.32 Å². The van der Waals surface area contributed by atoms with E-state index >= 15 is 0 Å². The quantitative estimate of drug-likeness (QED) is 0.0287. The molecule has 62 heteroatoms. The Morgan fingerprint density at radius 2 is 0.800 bits per heavy atom. The first-order valence-corrected chi connectivity index (χ1v) is 36.2. The summed E-state index contributed by atoms with van der Waals surface area (Å²) in [6, 6.07) is -8.15. The van der Waals surface area contributed by atoms with Crippen LogP contribution in [0.3, 0.4) is 0 Å². The summed E-state index contributed by atoms with van der Waals surface area (Å²) in [7, 11) is -41.4. The number of hydrogen-bond donors (Lipinski definition) is 21. The summed E-state index contributed by atoms with van der Waals surface area (Å²) in [4.78, 5) is 50.4. The van der Waals surface area contributed by atoms with Crippen LogP contribution in [0.5, 0.6) is 0 Å². The minimum atomic E-state index is -6.39. The van der Waals surface area contributed by atoms with E-state index in [2.05, 4.69) is 20.9 Å². The average Bonchev–Trinajstić information content (AvgIpc) is 0.761.